The van der Waals surface area contributed by atoms with E-state index in [1.165, 1.54) is 29.5 Å². The summed E-state index contributed by atoms with van der Waals surface area (Å²) < 4.78 is 0. The van der Waals surface area contributed by atoms with Crippen LogP contribution in [-0.2, 0) is 6.42 Å². The van der Waals surface area contributed by atoms with Crippen LogP contribution in [0.25, 0.3) is 11.3 Å². The van der Waals surface area contributed by atoms with Crippen molar-refractivity contribution >= 4 is 0 Å². The summed E-state index contributed by atoms with van der Waals surface area (Å²) in [4.78, 5) is 9.19. The fourth-order valence-electron chi connectivity index (χ4n) is 2.81. The van der Waals surface area contributed by atoms with Crippen LogP contribution in [0.15, 0.2) is 30.5 Å². The number of benzene rings is 1. The van der Waals surface area contributed by atoms with Crippen molar-refractivity contribution < 1.29 is 0 Å². The van der Waals surface area contributed by atoms with E-state index >= 15 is 0 Å². The molecule has 1 aromatic heterocycles. The van der Waals surface area contributed by atoms with Gasteiger partial charge in [0, 0.05) is 24.2 Å². The van der Waals surface area contributed by atoms with Crippen molar-refractivity contribution in [3.05, 3.63) is 47.4 Å². The van der Waals surface area contributed by atoms with Crippen molar-refractivity contribution in [1.82, 2.24) is 15.3 Å². The Bertz CT molecular complexity index is 601. The Morgan fingerprint density at radius 3 is 2.95 bits per heavy atom. The van der Waals surface area contributed by atoms with Gasteiger partial charge in [-0.25, -0.2) is 9.97 Å². The summed E-state index contributed by atoms with van der Waals surface area (Å²) in [6.45, 7) is 5.38. The van der Waals surface area contributed by atoms with E-state index < -0.39 is 0 Å². The number of hydrogen-bond donors (Lipinski definition) is 1. The predicted molar refractivity (Wildman–Crippen MR) is 81.7 cm³/mol. The molecular formula is C17H21N3. The number of hydrogen-bond acceptors (Lipinski definition) is 3. The molecule has 0 radical (unpaired) electrons. The highest BCUT2D eigenvalue weighted by Crippen LogP contribution is 2.22. The number of aryl methyl sites for hydroxylation is 2. The summed E-state index contributed by atoms with van der Waals surface area (Å²) in [6.07, 6.45) is 5.31. The lowest BCUT2D eigenvalue weighted by Crippen LogP contribution is -2.24. The second-order valence-corrected chi connectivity index (χ2v) is 5.67. The highest BCUT2D eigenvalue weighted by Gasteiger charge is 2.16. The molecule has 0 bridgehead atoms. The fraction of sp³-hybridized carbons (Fsp3) is 0.412. The Morgan fingerprint density at radius 2 is 2.15 bits per heavy atom. The van der Waals surface area contributed by atoms with Gasteiger partial charge in [0.15, 0.2) is 0 Å². The Kier molecular flexibility index (Phi) is 3.79. The van der Waals surface area contributed by atoms with E-state index in [-0.39, 0.29) is 0 Å². The van der Waals surface area contributed by atoms with E-state index in [0.717, 1.165) is 24.5 Å². The molecule has 2 aromatic rings. The second-order valence-electron chi connectivity index (χ2n) is 5.67. The van der Waals surface area contributed by atoms with Crippen molar-refractivity contribution in [2.45, 2.75) is 39.2 Å². The second kappa shape index (κ2) is 5.71. The van der Waals surface area contributed by atoms with Crippen molar-refractivity contribution in [3.63, 3.8) is 0 Å². The zero-order valence-corrected chi connectivity index (χ0v) is 12.2. The summed E-state index contributed by atoms with van der Waals surface area (Å²) in [5.74, 6) is 0.947. The lowest BCUT2D eigenvalue weighted by atomic mass is 10.0. The quantitative estimate of drug-likeness (QED) is 0.928. The molecule has 1 atom stereocenters. The normalized spacial score (nSPS) is 18.4. The molecule has 1 aliphatic rings. The molecule has 3 nitrogen and oxygen atoms in total. The van der Waals surface area contributed by atoms with Gasteiger partial charge in [-0.2, -0.15) is 0 Å². The molecule has 1 aromatic carbocycles. The first kappa shape index (κ1) is 13.3. The van der Waals surface area contributed by atoms with Crippen molar-refractivity contribution in [1.29, 1.82) is 0 Å². The lowest BCUT2D eigenvalue weighted by Gasteiger charge is -2.11. The third-order valence-corrected chi connectivity index (χ3v) is 3.97. The van der Waals surface area contributed by atoms with Gasteiger partial charge in [0.25, 0.3) is 0 Å². The summed E-state index contributed by atoms with van der Waals surface area (Å²) in [5.41, 5.74) is 4.78. The molecule has 3 heteroatoms. The molecule has 0 aliphatic carbocycles. The molecule has 1 fully saturated rings. The molecular weight excluding hydrogens is 246 g/mol. The van der Waals surface area contributed by atoms with E-state index in [4.69, 9.17) is 4.98 Å². The van der Waals surface area contributed by atoms with Gasteiger partial charge in [0.2, 0.25) is 0 Å². The molecule has 1 unspecified atom stereocenters. The smallest absolute Gasteiger partial charge is 0.130 e. The van der Waals surface area contributed by atoms with Crippen molar-refractivity contribution in [3.8, 4) is 11.3 Å². The SMILES string of the molecule is Cc1ccc(C)c(-c2ccnc(CC3CCCN3)n2)c1. The maximum absolute atomic E-state index is 4.76. The van der Waals surface area contributed by atoms with Gasteiger partial charge in [0.1, 0.15) is 5.82 Å². The van der Waals surface area contributed by atoms with Crippen LogP contribution in [0, 0.1) is 13.8 Å². The first-order valence-corrected chi connectivity index (χ1v) is 7.35. The van der Waals surface area contributed by atoms with Gasteiger partial charge in [0.05, 0.1) is 5.69 Å². The van der Waals surface area contributed by atoms with Crippen LogP contribution in [0.3, 0.4) is 0 Å². The molecule has 1 aliphatic heterocycles. The third kappa shape index (κ3) is 2.88. The molecule has 0 spiro atoms. The number of rotatable bonds is 3. The maximum Gasteiger partial charge on any atom is 0.130 e. The first-order valence-electron chi connectivity index (χ1n) is 7.35. The van der Waals surface area contributed by atoms with E-state index in [9.17, 15) is 0 Å². The highest BCUT2D eigenvalue weighted by molar-refractivity contribution is 5.64. The number of nitrogens with one attached hydrogen (secondary N) is 1. The lowest BCUT2D eigenvalue weighted by molar-refractivity contribution is 0.585. The van der Waals surface area contributed by atoms with Crippen LogP contribution < -0.4 is 5.32 Å². The molecule has 1 N–H and O–H groups in total. The molecule has 0 amide bonds. The van der Waals surface area contributed by atoms with Gasteiger partial charge < -0.3 is 5.32 Å². The Hall–Kier alpha value is -1.74. The molecule has 3 rings (SSSR count). The topological polar surface area (TPSA) is 37.8 Å². The molecule has 0 saturated carbocycles. The zero-order chi connectivity index (χ0) is 13.9. The van der Waals surface area contributed by atoms with Crippen LogP contribution in [0.2, 0.25) is 0 Å². The Morgan fingerprint density at radius 1 is 1.25 bits per heavy atom. The van der Waals surface area contributed by atoms with Crippen LogP contribution in [-0.4, -0.2) is 22.6 Å². The predicted octanol–water partition coefficient (Wildman–Crippen LogP) is 3.05. The van der Waals surface area contributed by atoms with E-state index in [0.29, 0.717) is 6.04 Å². The van der Waals surface area contributed by atoms with Crippen LogP contribution >= 0.6 is 0 Å². The molecule has 20 heavy (non-hydrogen) atoms. The van der Waals surface area contributed by atoms with E-state index in [1.54, 1.807) is 0 Å². The van der Waals surface area contributed by atoms with Crippen LogP contribution in [0.5, 0.6) is 0 Å². The highest BCUT2D eigenvalue weighted by atomic mass is 15.0. The van der Waals surface area contributed by atoms with Crippen molar-refractivity contribution in [2.75, 3.05) is 6.54 Å². The monoisotopic (exact) mass is 267 g/mol. The fourth-order valence-corrected chi connectivity index (χ4v) is 2.81. The Labute approximate surface area is 120 Å². The summed E-state index contributed by atoms with van der Waals surface area (Å²) in [5, 5.41) is 3.50. The van der Waals surface area contributed by atoms with E-state index in [2.05, 4.69) is 42.3 Å². The molecule has 104 valence electrons. The average molecular weight is 267 g/mol. The van der Waals surface area contributed by atoms with Gasteiger partial charge in [-0.1, -0.05) is 17.7 Å². The standard InChI is InChI=1S/C17H21N3/c1-12-5-6-13(2)15(10-12)16-7-9-19-17(20-16)11-14-4-3-8-18-14/h5-7,9-10,14,18H,3-4,8,11H2,1-2H3. The minimum absolute atomic E-state index is 0.545. The van der Waals surface area contributed by atoms with Crippen molar-refractivity contribution in [2.24, 2.45) is 0 Å². The molecule has 2 heterocycles. The number of nitrogens with zero attached hydrogens (tertiary/aromatic N) is 2. The third-order valence-electron chi connectivity index (χ3n) is 3.97. The summed E-state index contributed by atoms with van der Waals surface area (Å²) in [7, 11) is 0. The minimum Gasteiger partial charge on any atom is -0.314 e. The average Bonchev–Trinajstić information content (AvgIpc) is 2.95. The maximum atomic E-state index is 4.76. The van der Waals surface area contributed by atoms with Crippen LogP contribution in [0.1, 0.15) is 29.8 Å². The van der Waals surface area contributed by atoms with E-state index in [1.807, 2.05) is 12.3 Å². The van der Waals surface area contributed by atoms with Gasteiger partial charge in [-0.05, 0) is 50.9 Å². The molecule has 1 saturated heterocycles. The largest absolute Gasteiger partial charge is 0.314 e. The number of aromatic nitrogens is 2. The summed E-state index contributed by atoms with van der Waals surface area (Å²) in [6, 6.07) is 9.06. The summed E-state index contributed by atoms with van der Waals surface area (Å²) >= 11 is 0. The minimum atomic E-state index is 0.545. The Balaban J connectivity index is 1.88. The zero-order valence-electron chi connectivity index (χ0n) is 12.2. The first-order chi connectivity index (χ1) is 9.72. The van der Waals surface area contributed by atoms with Gasteiger partial charge in [-0.3, -0.25) is 0 Å². The van der Waals surface area contributed by atoms with Crippen LogP contribution in [0.4, 0.5) is 0 Å². The van der Waals surface area contributed by atoms with Gasteiger partial charge >= 0.3 is 0 Å². The van der Waals surface area contributed by atoms with Gasteiger partial charge in [-0.15, -0.1) is 0 Å².